The highest BCUT2D eigenvalue weighted by Gasteiger charge is 2.61. The van der Waals surface area contributed by atoms with Crippen molar-refractivity contribution >= 4 is 0 Å². The third-order valence-corrected chi connectivity index (χ3v) is 7.17. The second kappa shape index (κ2) is 6.13. The highest BCUT2D eigenvalue weighted by atomic mass is 16.3. The quantitative estimate of drug-likeness (QED) is 0.752. The molecule has 0 radical (unpaired) electrons. The van der Waals surface area contributed by atoms with Crippen molar-refractivity contribution in [3.8, 4) is 0 Å². The van der Waals surface area contributed by atoms with E-state index >= 15 is 0 Å². The molecule has 22 heavy (non-hydrogen) atoms. The minimum Gasteiger partial charge on any atom is -0.396 e. The predicted octanol–water partition coefficient (Wildman–Crippen LogP) is 4.47. The van der Waals surface area contributed by atoms with Gasteiger partial charge in [-0.1, -0.05) is 51.5 Å². The van der Waals surface area contributed by atoms with Crippen LogP contribution >= 0.6 is 0 Å². The topological polar surface area (TPSA) is 40.5 Å². The second-order valence-corrected chi connectivity index (χ2v) is 8.39. The Labute approximate surface area is 136 Å². The molecular formula is C20H34O2. The van der Waals surface area contributed by atoms with Crippen LogP contribution < -0.4 is 0 Å². The van der Waals surface area contributed by atoms with Crippen LogP contribution in [0.15, 0.2) is 24.3 Å². The third-order valence-electron chi connectivity index (χ3n) is 7.17. The maximum absolute atomic E-state index is 11.7. The predicted molar refractivity (Wildman–Crippen MR) is 92.6 cm³/mol. The molecule has 2 aliphatic carbocycles. The zero-order valence-electron chi connectivity index (χ0n) is 14.9. The summed E-state index contributed by atoms with van der Waals surface area (Å²) >= 11 is 0. The van der Waals surface area contributed by atoms with Crippen molar-refractivity contribution in [2.24, 2.45) is 22.7 Å². The lowest BCUT2D eigenvalue weighted by Crippen LogP contribution is -2.63. The Morgan fingerprint density at radius 1 is 1.27 bits per heavy atom. The molecule has 2 saturated carbocycles. The van der Waals surface area contributed by atoms with Gasteiger partial charge in [-0.15, -0.1) is 0 Å². The number of fused-ring (bicyclic) bond motifs is 1. The highest BCUT2D eigenvalue weighted by Crippen LogP contribution is 2.63. The van der Waals surface area contributed by atoms with Crippen molar-refractivity contribution in [2.75, 3.05) is 6.61 Å². The van der Waals surface area contributed by atoms with E-state index in [2.05, 4.69) is 33.4 Å². The molecule has 0 amide bonds. The standard InChI is InChI=1S/C20H34O2/c1-6-15(2)10-13-20(22)16(3)8-9-17-18(4,14-21)11-7-12-19(17,20)5/h6,10,16-17,21-22H,1,7-9,11-14H2,2-5H3/b15-10+/t16-,17-,18-,19-,20+/m0/s1. The van der Waals surface area contributed by atoms with E-state index in [1.54, 1.807) is 0 Å². The van der Waals surface area contributed by atoms with Crippen LogP contribution in [0.2, 0.25) is 0 Å². The van der Waals surface area contributed by atoms with Crippen LogP contribution in [0.3, 0.4) is 0 Å². The summed E-state index contributed by atoms with van der Waals surface area (Å²) < 4.78 is 0. The van der Waals surface area contributed by atoms with E-state index in [9.17, 15) is 10.2 Å². The molecule has 2 nitrogen and oxygen atoms in total. The highest BCUT2D eigenvalue weighted by molar-refractivity contribution is 5.18. The summed E-state index contributed by atoms with van der Waals surface area (Å²) in [6.45, 7) is 12.8. The lowest BCUT2D eigenvalue weighted by atomic mass is 9.44. The first-order valence-corrected chi connectivity index (χ1v) is 8.86. The molecule has 0 aromatic rings. The molecule has 2 rings (SSSR count). The average molecular weight is 306 g/mol. The Bertz CT molecular complexity index is 455. The van der Waals surface area contributed by atoms with Crippen molar-refractivity contribution in [3.05, 3.63) is 24.3 Å². The molecular weight excluding hydrogens is 272 g/mol. The second-order valence-electron chi connectivity index (χ2n) is 8.39. The maximum atomic E-state index is 11.7. The lowest BCUT2D eigenvalue weighted by molar-refractivity contribution is -0.215. The van der Waals surface area contributed by atoms with Crippen LogP contribution in [0, 0.1) is 22.7 Å². The maximum Gasteiger partial charge on any atom is 0.0763 e. The van der Waals surface area contributed by atoms with E-state index in [0.29, 0.717) is 18.3 Å². The number of aliphatic hydroxyl groups is 2. The van der Waals surface area contributed by atoms with Crippen LogP contribution in [0.4, 0.5) is 0 Å². The third kappa shape index (κ3) is 2.59. The van der Waals surface area contributed by atoms with Gasteiger partial charge < -0.3 is 10.2 Å². The van der Waals surface area contributed by atoms with Crippen LogP contribution in [0.1, 0.15) is 66.2 Å². The Kier molecular flexibility index (Phi) is 4.94. The molecule has 0 aliphatic heterocycles. The molecule has 2 heteroatoms. The smallest absolute Gasteiger partial charge is 0.0763 e. The summed E-state index contributed by atoms with van der Waals surface area (Å²) in [7, 11) is 0. The molecule has 0 heterocycles. The van der Waals surface area contributed by atoms with Gasteiger partial charge >= 0.3 is 0 Å². The Morgan fingerprint density at radius 2 is 1.95 bits per heavy atom. The van der Waals surface area contributed by atoms with E-state index in [1.165, 1.54) is 0 Å². The zero-order valence-corrected chi connectivity index (χ0v) is 14.9. The first-order valence-electron chi connectivity index (χ1n) is 8.86. The molecule has 0 saturated heterocycles. The fourth-order valence-electron chi connectivity index (χ4n) is 5.40. The first kappa shape index (κ1) is 17.7. The van der Waals surface area contributed by atoms with E-state index in [-0.39, 0.29) is 17.4 Å². The molecule has 0 aromatic carbocycles. The van der Waals surface area contributed by atoms with Crippen molar-refractivity contribution in [3.63, 3.8) is 0 Å². The van der Waals surface area contributed by atoms with E-state index < -0.39 is 5.60 Å². The van der Waals surface area contributed by atoms with Crippen molar-refractivity contribution in [1.82, 2.24) is 0 Å². The fourth-order valence-corrected chi connectivity index (χ4v) is 5.40. The van der Waals surface area contributed by atoms with Gasteiger partial charge in [-0.3, -0.25) is 0 Å². The summed E-state index contributed by atoms with van der Waals surface area (Å²) in [5, 5.41) is 21.7. The molecule has 5 atom stereocenters. The molecule has 2 aliphatic rings. The summed E-state index contributed by atoms with van der Waals surface area (Å²) in [6, 6.07) is 0. The van der Waals surface area contributed by atoms with Gasteiger partial charge in [-0.05, 0) is 56.3 Å². The zero-order chi connectivity index (χ0) is 16.6. The minimum atomic E-state index is -0.683. The van der Waals surface area contributed by atoms with Gasteiger partial charge in [0.25, 0.3) is 0 Å². The molecule has 2 fully saturated rings. The van der Waals surface area contributed by atoms with Crippen LogP contribution in [-0.4, -0.2) is 22.4 Å². The van der Waals surface area contributed by atoms with Crippen molar-refractivity contribution < 1.29 is 10.2 Å². The lowest BCUT2D eigenvalue weighted by Gasteiger charge is -2.63. The average Bonchev–Trinajstić information content (AvgIpc) is 2.50. The Morgan fingerprint density at radius 3 is 2.55 bits per heavy atom. The van der Waals surface area contributed by atoms with Gasteiger partial charge in [0.15, 0.2) is 0 Å². The molecule has 0 bridgehead atoms. The molecule has 2 N–H and O–H groups in total. The number of aliphatic hydroxyl groups excluding tert-OH is 1. The van der Waals surface area contributed by atoms with Gasteiger partial charge in [0.05, 0.1) is 5.60 Å². The molecule has 126 valence electrons. The molecule has 0 aromatic heterocycles. The van der Waals surface area contributed by atoms with E-state index in [1.807, 2.05) is 13.0 Å². The monoisotopic (exact) mass is 306 g/mol. The van der Waals surface area contributed by atoms with Crippen LogP contribution in [0.25, 0.3) is 0 Å². The van der Waals surface area contributed by atoms with Gasteiger partial charge in [-0.2, -0.15) is 0 Å². The number of hydrogen-bond donors (Lipinski definition) is 2. The Balaban J connectivity index is 2.41. The summed E-state index contributed by atoms with van der Waals surface area (Å²) in [5.74, 6) is 0.695. The van der Waals surface area contributed by atoms with Gasteiger partial charge in [-0.25, -0.2) is 0 Å². The summed E-state index contributed by atoms with van der Waals surface area (Å²) in [6.07, 6.45) is 10.1. The normalized spacial score (nSPS) is 46.2. The van der Waals surface area contributed by atoms with Crippen molar-refractivity contribution in [1.29, 1.82) is 0 Å². The number of allylic oxidation sites excluding steroid dienone is 2. The SMILES string of the molecule is C=C/C(C)=C/C[C@@]1(O)[C@@H](C)CC[C@H]2[C@](C)(CO)CCC[C@@]21C. The fraction of sp³-hybridized carbons (Fsp3) is 0.800. The minimum absolute atomic E-state index is 0.0433. The Hall–Kier alpha value is -0.600. The summed E-state index contributed by atoms with van der Waals surface area (Å²) in [4.78, 5) is 0. The van der Waals surface area contributed by atoms with Gasteiger partial charge in [0, 0.05) is 12.0 Å². The molecule has 0 spiro atoms. The van der Waals surface area contributed by atoms with Gasteiger partial charge in [0.2, 0.25) is 0 Å². The van der Waals surface area contributed by atoms with Crippen LogP contribution in [-0.2, 0) is 0 Å². The van der Waals surface area contributed by atoms with Gasteiger partial charge in [0.1, 0.15) is 0 Å². The summed E-state index contributed by atoms with van der Waals surface area (Å²) in [5.41, 5.74) is 0.292. The van der Waals surface area contributed by atoms with E-state index in [4.69, 9.17) is 0 Å². The van der Waals surface area contributed by atoms with Crippen LogP contribution in [0.5, 0.6) is 0 Å². The molecule has 0 unspecified atom stereocenters. The number of rotatable bonds is 4. The first-order chi connectivity index (χ1) is 10.2. The van der Waals surface area contributed by atoms with E-state index in [0.717, 1.165) is 37.7 Å². The largest absolute Gasteiger partial charge is 0.396 e. The van der Waals surface area contributed by atoms with Crippen molar-refractivity contribution in [2.45, 2.75) is 71.8 Å². The number of hydrogen-bond acceptors (Lipinski definition) is 2.